The van der Waals surface area contributed by atoms with Crippen LogP contribution in [0.3, 0.4) is 0 Å². The van der Waals surface area contributed by atoms with Crippen LogP contribution in [0.1, 0.15) is 12.8 Å². The van der Waals surface area contributed by atoms with Crippen molar-refractivity contribution in [2.45, 2.75) is 17.7 Å². The molecule has 2 heterocycles. The Labute approximate surface area is 149 Å². The fourth-order valence-corrected chi connectivity index (χ4v) is 4.07. The van der Waals surface area contributed by atoms with Gasteiger partial charge in [-0.1, -0.05) is 12.1 Å². The summed E-state index contributed by atoms with van der Waals surface area (Å²) < 4.78 is 27.8. The van der Waals surface area contributed by atoms with Gasteiger partial charge < -0.3 is 5.32 Å². The molecule has 3 rings (SSSR count). The van der Waals surface area contributed by atoms with E-state index in [1.807, 2.05) is 6.07 Å². The van der Waals surface area contributed by atoms with Gasteiger partial charge in [-0.05, 0) is 44.0 Å². The first kappa shape index (κ1) is 20.1. The van der Waals surface area contributed by atoms with Crippen LogP contribution in [0, 0.1) is 5.92 Å². The third-order valence-corrected chi connectivity index (χ3v) is 5.37. The number of pyridine rings is 1. The molecule has 1 aliphatic rings. The molecule has 5 nitrogen and oxygen atoms in total. The van der Waals surface area contributed by atoms with Crippen LogP contribution in [-0.4, -0.2) is 33.0 Å². The predicted octanol–water partition coefficient (Wildman–Crippen LogP) is 2.36. The zero-order valence-electron chi connectivity index (χ0n) is 12.6. The molecule has 23 heavy (non-hydrogen) atoms. The highest BCUT2D eigenvalue weighted by Gasteiger charge is 2.20. The van der Waals surface area contributed by atoms with Crippen LogP contribution in [0.2, 0.25) is 0 Å². The summed E-state index contributed by atoms with van der Waals surface area (Å²) in [5.41, 5.74) is 0. The highest BCUT2D eigenvalue weighted by Crippen LogP contribution is 2.22. The van der Waals surface area contributed by atoms with Gasteiger partial charge in [0.15, 0.2) is 0 Å². The van der Waals surface area contributed by atoms with E-state index in [0.717, 1.165) is 31.3 Å². The molecule has 0 unspecified atom stereocenters. The van der Waals surface area contributed by atoms with Crippen molar-refractivity contribution in [1.29, 1.82) is 0 Å². The van der Waals surface area contributed by atoms with Gasteiger partial charge in [-0.15, -0.1) is 24.8 Å². The van der Waals surface area contributed by atoms with E-state index in [0.29, 0.717) is 22.7 Å². The lowest BCUT2D eigenvalue weighted by Crippen LogP contribution is -2.38. The van der Waals surface area contributed by atoms with Gasteiger partial charge in [0, 0.05) is 29.7 Å². The van der Waals surface area contributed by atoms with Crippen LogP contribution in [0.5, 0.6) is 0 Å². The predicted molar refractivity (Wildman–Crippen MR) is 97.0 cm³/mol. The van der Waals surface area contributed by atoms with Crippen molar-refractivity contribution in [3.63, 3.8) is 0 Å². The summed E-state index contributed by atoms with van der Waals surface area (Å²) in [4.78, 5) is 4.36. The zero-order chi connectivity index (χ0) is 14.7. The molecule has 128 valence electrons. The van der Waals surface area contributed by atoms with Gasteiger partial charge in [0.25, 0.3) is 0 Å². The number of piperidine rings is 1. The topological polar surface area (TPSA) is 71.1 Å². The molecule has 1 fully saturated rings. The molecule has 1 aromatic carbocycles. The molecule has 2 aromatic rings. The average Bonchev–Trinajstić information content (AvgIpc) is 2.53. The monoisotopic (exact) mass is 377 g/mol. The maximum Gasteiger partial charge on any atom is 0.241 e. The van der Waals surface area contributed by atoms with E-state index in [1.54, 1.807) is 30.6 Å². The third-order valence-electron chi connectivity index (χ3n) is 3.89. The summed E-state index contributed by atoms with van der Waals surface area (Å²) in [6, 6.07) is 7.00. The van der Waals surface area contributed by atoms with Crippen LogP contribution >= 0.6 is 24.8 Å². The number of rotatable bonds is 4. The second-order valence-electron chi connectivity index (χ2n) is 5.42. The number of hydrogen-bond acceptors (Lipinski definition) is 4. The Balaban J connectivity index is 0.00000132. The smallest absolute Gasteiger partial charge is 0.241 e. The minimum absolute atomic E-state index is 0. The van der Waals surface area contributed by atoms with Crippen molar-refractivity contribution >= 4 is 45.6 Å². The summed E-state index contributed by atoms with van der Waals surface area (Å²) in [6.45, 7) is 2.39. The molecule has 0 spiro atoms. The van der Waals surface area contributed by atoms with Crippen LogP contribution < -0.4 is 10.0 Å². The van der Waals surface area contributed by atoms with Gasteiger partial charge in [-0.3, -0.25) is 4.98 Å². The number of benzene rings is 1. The number of fused-ring (bicyclic) bond motifs is 1. The van der Waals surface area contributed by atoms with Crippen LogP contribution in [0.25, 0.3) is 10.8 Å². The molecule has 1 atom stereocenters. The van der Waals surface area contributed by atoms with Crippen LogP contribution in [0.15, 0.2) is 41.6 Å². The molecule has 2 N–H and O–H groups in total. The van der Waals surface area contributed by atoms with E-state index in [-0.39, 0.29) is 24.8 Å². The molecule has 0 radical (unpaired) electrons. The van der Waals surface area contributed by atoms with E-state index in [2.05, 4.69) is 15.0 Å². The summed E-state index contributed by atoms with van der Waals surface area (Å²) >= 11 is 0. The summed E-state index contributed by atoms with van der Waals surface area (Å²) in [5, 5.41) is 4.84. The first-order valence-electron chi connectivity index (χ1n) is 7.20. The summed E-state index contributed by atoms with van der Waals surface area (Å²) in [6.07, 6.45) is 5.47. The van der Waals surface area contributed by atoms with Crippen molar-refractivity contribution in [2.24, 2.45) is 5.92 Å². The molecule has 0 amide bonds. The Bertz CT molecular complexity index is 729. The van der Waals surface area contributed by atoms with E-state index in [9.17, 15) is 8.42 Å². The van der Waals surface area contributed by atoms with Crippen molar-refractivity contribution in [3.8, 4) is 0 Å². The van der Waals surface area contributed by atoms with Gasteiger partial charge in [0.2, 0.25) is 10.0 Å². The molecule has 1 saturated heterocycles. The van der Waals surface area contributed by atoms with Crippen molar-refractivity contribution in [1.82, 2.24) is 15.0 Å². The molecule has 1 aliphatic heterocycles. The Morgan fingerprint density at radius 3 is 2.83 bits per heavy atom. The molecule has 0 aliphatic carbocycles. The number of nitrogens with zero attached hydrogens (tertiary/aromatic N) is 1. The fraction of sp³-hybridized carbons (Fsp3) is 0.400. The molecule has 0 bridgehead atoms. The first-order valence-corrected chi connectivity index (χ1v) is 8.68. The SMILES string of the molecule is Cl.Cl.O=S(=O)(NC[C@@H]1CCCNC1)c1cccc2cnccc12. The second-order valence-corrected chi connectivity index (χ2v) is 7.15. The molecule has 0 saturated carbocycles. The van der Waals surface area contributed by atoms with Crippen molar-refractivity contribution in [2.75, 3.05) is 19.6 Å². The molecule has 1 aromatic heterocycles. The largest absolute Gasteiger partial charge is 0.316 e. The lowest BCUT2D eigenvalue weighted by Gasteiger charge is -2.23. The fourth-order valence-electron chi connectivity index (χ4n) is 2.73. The Hall–Kier alpha value is -0.920. The minimum atomic E-state index is -3.49. The Morgan fingerprint density at radius 2 is 2.09 bits per heavy atom. The van der Waals surface area contributed by atoms with Crippen molar-refractivity contribution < 1.29 is 8.42 Å². The number of hydrogen-bond donors (Lipinski definition) is 2. The lowest BCUT2D eigenvalue weighted by molar-refractivity contribution is 0.376. The standard InChI is InChI=1S/C15H19N3O2S.2ClH/c19-21(20,18-10-12-3-2-7-16-9-12)15-5-1-4-13-11-17-8-6-14(13)15;;/h1,4-6,8,11-12,16,18H,2-3,7,9-10H2;2*1H/t12-;;/m1../s1. The average molecular weight is 378 g/mol. The highest BCUT2D eigenvalue weighted by molar-refractivity contribution is 7.89. The maximum absolute atomic E-state index is 12.5. The van der Waals surface area contributed by atoms with Gasteiger partial charge in [-0.2, -0.15) is 0 Å². The highest BCUT2D eigenvalue weighted by atomic mass is 35.5. The van der Waals surface area contributed by atoms with Gasteiger partial charge in [0.1, 0.15) is 0 Å². The number of nitrogens with one attached hydrogen (secondary N) is 2. The van der Waals surface area contributed by atoms with Crippen LogP contribution in [0.4, 0.5) is 0 Å². The van der Waals surface area contributed by atoms with Crippen molar-refractivity contribution in [3.05, 3.63) is 36.7 Å². The number of sulfonamides is 1. The molecule has 8 heteroatoms. The number of halogens is 2. The maximum atomic E-state index is 12.5. The number of aromatic nitrogens is 1. The lowest BCUT2D eigenvalue weighted by atomic mass is 10.0. The van der Waals surface area contributed by atoms with Gasteiger partial charge >= 0.3 is 0 Å². The quantitative estimate of drug-likeness (QED) is 0.857. The second kappa shape index (κ2) is 8.80. The normalized spacial score (nSPS) is 18.0. The van der Waals surface area contributed by atoms with E-state index < -0.39 is 10.0 Å². The van der Waals surface area contributed by atoms with E-state index >= 15 is 0 Å². The Kier molecular flexibility index (Phi) is 7.70. The summed E-state index contributed by atoms with van der Waals surface area (Å²) in [7, 11) is -3.49. The van der Waals surface area contributed by atoms with E-state index in [4.69, 9.17) is 0 Å². The van der Waals surface area contributed by atoms with Gasteiger partial charge in [-0.25, -0.2) is 13.1 Å². The Morgan fingerprint density at radius 1 is 1.26 bits per heavy atom. The molecular weight excluding hydrogens is 357 g/mol. The first-order chi connectivity index (χ1) is 10.2. The van der Waals surface area contributed by atoms with Crippen LogP contribution in [-0.2, 0) is 10.0 Å². The third kappa shape index (κ3) is 4.78. The van der Waals surface area contributed by atoms with E-state index in [1.165, 1.54) is 0 Å². The van der Waals surface area contributed by atoms with Gasteiger partial charge in [0.05, 0.1) is 4.90 Å². The zero-order valence-corrected chi connectivity index (χ0v) is 15.0. The molecular formula is C15H21Cl2N3O2S. The minimum Gasteiger partial charge on any atom is -0.316 e. The summed E-state index contributed by atoms with van der Waals surface area (Å²) in [5.74, 6) is 0.366.